The van der Waals surface area contributed by atoms with Gasteiger partial charge in [-0.05, 0) is 54.9 Å². The minimum Gasteiger partial charge on any atom is -0.461 e. The van der Waals surface area contributed by atoms with E-state index in [0.717, 1.165) is 23.8 Å². The van der Waals surface area contributed by atoms with Crippen LogP contribution in [0.15, 0.2) is 27.4 Å². The zero-order valence-corrected chi connectivity index (χ0v) is 15.3. The molecule has 0 amide bonds. The Morgan fingerprint density at radius 2 is 1.96 bits per heavy atom. The summed E-state index contributed by atoms with van der Waals surface area (Å²) in [6, 6.07) is 5.39. The molecule has 3 rings (SSSR count). The second-order valence-corrected chi connectivity index (χ2v) is 7.47. The van der Waals surface area contributed by atoms with E-state index in [0.29, 0.717) is 29.4 Å². The minimum absolute atomic E-state index is 0.119. The molecule has 0 atom stereocenters. The highest BCUT2D eigenvalue weighted by Gasteiger charge is 2.20. The summed E-state index contributed by atoms with van der Waals surface area (Å²) < 4.78 is 10.8. The Hall–Kier alpha value is -2.10. The van der Waals surface area contributed by atoms with E-state index in [1.807, 2.05) is 13.0 Å². The Morgan fingerprint density at radius 1 is 1.24 bits per heavy atom. The first-order valence-electron chi connectivity index (χ1n) is 9.17. The second-order valence-electron chi connectivity index (χ2n) is 7.47. The van der Waals surface area contributed by atoms with Gasteiger partial charge < -0.3 is 9.15 Å². The van der Waals surface area contributed by atoms with Crippen molar-refractivity contribution in [3.8, 4) is 0 Å². The molecule has 1 aliphatic rings. The van der Waals surface area contributed by atoms with Crippen LogP contribution in [-0.4, -0.2) is 5.97 Å². The van der Waals surface area contributed by atoms with Crippen LogP contribution in [0.3, 0.4) is 0 Å². The maximum atomic E-state index is 12.1. The van der Waals surface area contributed by atoms with Crippen LogP contribution in [0.4, 0.5) is 0 Å². The molecular formula is C21H26O4. The Bertz CT molecular complexity index is 826. The van der Waals surface area contributed by atoms with Crippen LogP contribution in [0.1, 0.15) is 68.6 Å². The monoisotopic (exact) mass is 342 g/mol. The standard InChI is InChI=1S/C21H26O4/c1-13(2)17-11-18-16(10-21(23)25-19(18)8-14(17)3)12-24-20(22)9-15-6-4-5-7-15/h8,10-11,13,15H,4-7,9,12H2,1-3H3. The van der Waals surface area contributed by atoms with Crippen molar-refractivity contribution in [3.63, 3.8) is 0 Å². The molecule has 1 saturated carbocycles. The van der Waals surface area contributed by atoms with Crippen molar-refractivity contribution in [2.24, 2.45) is 5.92 Å². The molecule has 0 unspecified atom stereocenters. The fourth-order valence-corrected chi connectivity index (χ4v) is 3.80. The van der Waals surface area contributed by atoms with Crippen molar-refractivity contribution in [1.82, 2.24) is 0 Å². The Kier molecular flexibility index (Phi) is 5.26. The van der Waals surface area contributed by atoms with Crippen molar-refractivity contribution in [3.05, 3.63) is 45.3 Å². The largest absolute Gasteiger partial charge is 0.461 e. The second kappa shape index (κ2) is 7.42. The number of ether oxygens (including phenoxy) is 1. The molecule has 25 heavy (non-hydrogen) atoms. The first-order chi connectivity index (χ1) is 11.9. The van der Waals surface area contributed by atoms with Crippen molar-refractivity contribution >= 4 is 16.9 Å². The van der Waals surface area contributed by atoms with Gasteiger partial charge in [0.25, 0.3) is 0 Å². The molecule has 0 N–H and O–H groups in total. The van der Waals surface area contributed by atoms with E-state index in [1.165, 1.54) is 24.5 Å². The lowest BCUT2D eigenvalue weighted by Crippen LogP contribution is -2.11. The third-order valence-corrected chi connectivity index (χ3v) is 5.16. The zero-order valence-electron chi connectivity index (χ0n) is 15.3. The van der Waals surface area contributed by atoms with Crippen LogP contribution in [-0.2, 0) is 16.1 Å². The Balaban J connectivity index is 1.83. The normalized spacial score (nSPS) is 15.2. The lowest BCUT2D eigenvalue weighted by molar-refractivity contribution is -0.146. The molecule has 0 spiro atoms. The summed E-state index contributed by atoms with van der Waals surface area (Å²) in [5.74, 6) is 0.652. The third-order valence-electron chi connectivity index (χ3n) is 5.16. The van der Waals surface area contributed by atoms with Crippen molar-refractivity contribution < 1.29 is 13.9 Å². The summed E-state index contributed by atoms with van der Waals surface area (Å²) in [4.78, 5) is 23.9. The summed E-state index contributed by atoms with van der Waals surface area (Å²) in [6.07, 6.45) is 5.13. The lowest BCUT2D eigenvalue weighted by Gasteiger charge is -2.13. The molecule has 0 radical (unpaired) electrons. The molecule has 4 nitrogen and oxygen atoms in total. The van der Waals surface area contributed by atoms with Gasteiger partial charge in [-0.25, -0.2) is 4.79 Å². The molecule has 1 aliphatic carbocycles. The summed E-state index contributed by atoms with van der Waals surface area (Å²) in [5, 5.41) is 0.850. The van der Waals surface area contributed by atoms with E-state index in [9.17, 15) is 9.59 Å². The maximum absolute atomic E-state index is 12.1. The molecule has 1 fully saturated rings. The van der Waals surface area contributed by atoms with Crippen molar-refractivity contribution in [1.29, 1.82) is 0 Å². The Morgan fingerprint density at radius 3 is 2.64 bits per heavy atom. The quantitative estimate of drug-likeness (QED) is 0.576. The van der Waals surface area contributed by atoms with Gasteiger partial charge in [-0.1, -0.05) is 26.7 Å². The molecule has 0 bridgehead atoms. The minimum atomic E-state index is -0.411. The van der Waals surface area contributed by atoms with Gasteiger partial charge in [0.1, 0.15) is 12.2 Å². The van der Waals surface area contributed by atoms with Gasteiger partial charge in [-0.15, -0.1) is 0 Å². The number of aryl methyl sites for hydroxylation is 1. The van der Waals surface area contributed by atoms with E-state index in [4.69, 9.17) is 9.15 Å². The number of esters is 1. The number of rotatable bonds is 5. The van der Waals surface area contributed by atoms with Crippen LogP contribution in [0.2, 0.25) is 0 Å². The van der Waals surface area contributed by atoms with Gasteiger partial charge in [-0.2, -0.15) is 0 Å². The van der Waals surface area contributed by atoms with E-state index < -0.39 is 5.63 Å². The van der Waals surface area contributed by atoms with Crippen molar-refractivity contribution in [2.75, 3.05) is 0 Å². The van der Waals surface area contributed by atoms with E-state index in [2.05, 4.69) is 19.9 Å². The maximum Gasteiger partial charge on any atom is 0.336 e. The number of carbonyl (C=O) groups excluding carboxylic acids is 1. The Labute approximate surface area is 148 Å². The summed E-state index contributed by atoms with van der Waals surface area (Å²) in [7, 11) is 0. The van der Waals surface area contributed by atoms with Crippen LogP contribution in [0.5, 0.6) is 0 Å². The molecular weight excluding hydrogens is 316 g/mol. The first kappa shape index (κ1) is 17.7. The van der Waals surface area contributed by atoms with Gasteiger partial charge in [-0.3, -0.25) is 4.79 Å². The van der Waals surface area contributed by atoms with Crippen LogP contribution in [0.25, 0.3) is 11.0 Å². The van der Waals surface area contributed by atoms with Gasteiger partial charge in [0, 0.05) is 23.4 Å². The average molecular weight is 342 g/mol. The topological polar surface area (TPSA) is 56.5 Å². The smallest absolute Gasteiger partial charge is 0.336 e. The first-order valence-corrected chi connectivity index (χ1v) is 9.17. The highest BCUT2D eigenvalue weighted by Crippen LogP contribution is 2.29. The molecule has 4 heteroatoms. The SMILES string of the molecule is Cc1cc2oc(=O)cc(COC(=O)CC3CCCC3)c2cc1C(C)C. The number of fused-ring (bicyclic) bond motifs is 1. The summed E-state index contributed by atoms with van der Waals surface area (Å²) in [5.41, 5.74) is 3.16. The highest BCUT2D eigenvalue weighted by molar-refractivity contribution is 5.82. The molecule has 0 aliphatic heterocycles. The van der Waals surface area contributed by atoms with Crippen LogP contribution < -0.4 is 5.63 Å². The third kappa shape index (κ3) is 4.12. The van der Waals surface area contributed by atoms with Crippen LogP contribution in [0, 0.1) is 12.8 Å². The molecule has 2 aromatic rings. The number of carbonyl (C=O) groups is 1. The molecule has 1 heterocycles. The number of hydrogen-bond acceptors (Lipinski definition) is 4. The van der Waals surface area contributed by atoms with E-state index in [-0.39, 0.29) is 12.6 Å². The summed E-state index contributed by atoms with van der Waals surface area (Å²) in [6.45, 7) is 6.40. The molecule has 1 aromatic heterocycles. The van der Waals surface area contributed by atoms with Gasteiger partial charge in [0.15, 0.2) is 0 Å². The van der Waals surface area contributed by atoms with Gasteiger partial charge >= 0.3 is 11.6 Å². The molecule has 0 saturated heterocycles. The lowest BCUT2D eigenvalue weighted by atomic mass is 9.95. The number of benzene rings is 1. The van der Waals surface area contributed by atoms with Crippen LogP contribution >= 0.6 is 0 Å². The number of hydrogen-bond donors (Lipinski definition) is 0. The predicted octanol–water partition coefficient (Wildman–Crippen LogP) is 4.85. The van der Waals surface area contributed by atoms with Gasteiger partial charge in [0.2, 0.25) is 0 Å². The fraction of sp³-hybridized carbons (Fsp3) is 0.524. The summed E-state index contributed by atoms with van der Waals surface area (Å²) >= 11 is 0. The van der Waals surface area contributed by atoms with Crippen molar-refractivity contribution in [2.45, 2.75) is 65.4 Å². The molecule has 1 aromatic carbocycles. The predicted molar refractivity (Wildman–Crippen MR) is 97.7 cm³/mol. The zero-order chi connectivity index (χ0) is 18.0. The fourth-order valence-electron chi connectivity index (χ4n) is 3.80. The van der Waals surface area contributed by atoms with Gasteiger partial charge in [0.05, 0.1) is 0 Å². The average Bonchev–Trinajstić information content (AvgIpc) is 3.04. The van der Waals surface area contributed by atoms with E-state index >= 15 is 0 Å². The molecule has 134 valence electrons. The highest BCUT2D eigenvalue weighted by atomic mass is 16.5. The van der Waals surface area contributed by atoms with E-state index in [1.54, 1.807) is 0 Å².